The molecule has 0 radical (unpaired) electrons. The smallest absolute Gasteiger partial charge is 0.322 e. The van der Waals surface area contributed by atoms with E-state index in [0.717, 1.165) is 11.3 Å². The Hall–Kier alpha value is -2.28. The summed E-state index contributed by atoms with van der Waals surface area (Å²) in [4.78, 5) is 12.6. The Bertz CT molecular complexity index is 1080. The van der Waals surface area contributed by atoms with Crippen LogP contribution in [0, 0.1) is 5.92 Å². The molecule has 1 saturated heterocycles. The van der Waals surface area contributed by atoms with Crippen LogP contribution in [0.4, 0.5) is 6.01 Å². The van der Waals surface area contributed by atoms with Crippen LogP contribution in [0.25, 0.3) is 11.7 Å². The van der Waals surface area contributed by atoms with Gasteiger partial charge in [0.15, 0.2) is 0 Å². The van der Waals surface area contributed by atoms with Crippen molar-refractivity contribution in [3.05, 3.63) is 28.7 Å². The van der Waals surface area contributed by atoms with E-state index >= 15 is 0 Å². The van der Waals surface area contributed by atoms with Crippen molar-refractivity contribution in [1.29, 1.82) is 0 Å². The fourth-order valence-corrected chi connectivity index (χ4v) is 6.01. The van der Waals surface area contributed by atoms with Crippen LogP contribution in [0.15, 0.2) is 37.5 Å². The summed E-state index contributed by atoms with van der Waals surface area (Å²) in [5.74, 6) is -0.579. The average molecular weight is 444 g/mol. The molecule has 13 heteroatoms. The Morgan fingerprint density at radius 1 is 1.32 bits per heavy atom. The van der Waals surface area contributed by atoms with Gasteiger partial charge in [0.2, 0.25) is 11.7 Å². The van der Waals surface area contributed by atoms with Crippen LogP contribution < -0.4 is 5.32 Å². The first-order chi connectivity index (χ1) is 13.4. The van der Waals surface area contributed by atoms with E-state index in [9.17, 15) is 13.2 Å². The summed E-state index contributed by atoms with van der Waals surface area (Å²) in [6, 6.07) is 4.45. The van der Waals surface area contributed by atoms with E-state index in [1.807, 2.05) is 0 Å². The number of aromatic nitrogens is 3. The predicted octanol–water partition coefficient (Wildman–Crippen LogP) is 2.48. The van der Waals surface area contributed by atoms with Crippen LogP contribution in [-0.2, 0) is 14.8 Å². The molecule has 1 aliphatic rings. The van der Waals surface area contributed by atoms with Gasteiger partial charge in [0, 0.05) is 19.2 Å². The number of hydrogen-bond donors (Lipinski definition) is 1. The number of hydrogen-bond acceptors (Lipinski definition) is 9. The minimum atomic E-state index is -3.69. The number of nitrogens with one attached hydrogen (secondary N) is 1. The fourth-order valence-electron chi connectivity index (χ4n) is 2.85. The molecular weight excluding hydrogens is 430 g/mol. The lowest BCUT2D eigenvalue weighted by Crippen LogP contribution is -2.43. The highest BCUT2D eigenvalue weighted by Gasteiger charge is 2.34. The largest absolute Gasteiger partial charge is 0.400 e. The third-order valence-electron chi connectivity index (χ3n) is 4.20. The van der Waals surface area contributed by atoms with Gasteiger partial charge in [-0.15, -0.1) is 16.4 Å². The Kier molecular flexibility index (Phi) is 5.19. The van der Waals surface area contributed by atoms with E-state index in [1.54, 1.807) is 6.07 Å². The third kappa shape index (κ3) is 3.81. The zero-order valence-electron chi connectivity index (χ0n) is 14.2. The first kappa shape index (κ1) is 19.1. The summed E-state index contributed by atoms with van der Waals surface area (Å²) >= 11 is 6.84. The number of thiophene rings is 1. The van der Waals surface area contributed by atoms with E-state index in [4.69, 9.17) is 20.5 Å². The summed E-state index contributed by atoms with van der Waals surface area (Å²) in [6.07, 6.45) is 2.53. The molecule has 4 rings (SSSR count). The Morgan fingerprint density at radius 3 is 2.89 bits per heavy atom. The molecule has 1 amide bonds. The topological polar surface area (TPSA) is 131 Å². The molecule has 28 heavy (non-hydrogen) atoms. The standard InChI is InChI=1S/C15H14ClN5O5S2/c16-11-3-4-12(27-11)28(23,24)21-7-1-2-9(8-21)13(22)18-15-20-19-14(25-15)10-5-6-17-26-10/h3-6,9H,1-2,7-8H2,(H,18,20,22)/t9-/m0/s1. The first-order valence-corrected chi connectivity index (χ1v) is 10.9. The second-order valence-corrected chi connectivity index (χ2v) is 9.92. The molecule has 1 N–H and O–H groups in total. The van der Waals surface area contributed by atoms with Gasteiger partial charge in [-0.05, 0) is 25.0 Å². The van der Waals surface area contributed by atoms with E-state index in [2.05, 4.69) is 20.7 Å². The minimum Gasteiger partial charge on any atom is -0.400 e. The number of halogens is 1. The number of sulfonamides is 1. The van der Waals surface area contributed by atoms with Crippen LogP contribution in [0.5, 0.6) is 0 Å². The molecule has 0 bridgehead atoms. The lowest BCUT2D eigenvalue weighted by atomic mass is 9.99. The molecule has 4 heterocycles. The molecule has 0 saturated carbocycles. The van der Waals surface area contributed by atoms with E-state index in [-0.39, 0.29) is 28.4 Å². The molecular formula is C15H14ClN5O5S2. The zero-order valence-corrected chi connectivity index (χ0v) is 16.6. The van der Waals surface area contributed by atoms with Gasteiger partial charge in [0.05, 0.1) is 16.5 Å². The number of nitrogens with zero attached hydrogens (tertiary/aromatic N) is 4. The van der Waals surface area contributed by atoms with Gasteiger partial charge in [-0.3, -0.25) is 10.1 Å². The number of anilines is 1. The maximum atomic E-state index is 12.8. The summed E-state index contributed by atoms with van der Waals surface area (Å²) < 4.78 is 37.6. The first-order valence-electron chi connectivity index (χ1n) is 8.24. The van der Waals surface area contributed by atoms with Gasteiger partial charge in [-0.1, -0.05) is 21.9 Å². The molecule has 1 atom stereocenters. The molecule has 1 aliphatic heterocycles. The maximum absolute atomic E-state index is 12.8. The second kappa shape index (κ2) is 7.62. The van der Waals surface area contributed by atoms with Crippen molar-refractivity contribution < 1.29 is 22.2 Å². The van der Waals surface area contributed by atoms with Gasteiger partial charge in [-0.2, -0.15) is 4.31 Å². The van der Waals surface area contributed by atoms with Crippen LogP contribution in [-0.4, -0.2) is 47.1 Å². The van der Waals surface area contributed by atoms with Gasteiger partial charge in [0.1, 0.15) is 4.21 Å². The Morgan fingerprint density at radius 2 is 2.18 bits per heavy atom. The number of carbonyl (C=O) groups is 1. The molecule has 0 unspecified atom stereocenters. The van der Waals surface area contributed by atoms with Crippen LogP contribution in [0.1, 0.15) is 12.8 Å². The predicted molar refractivity (Wildman–Crippen MR) is 99.2 cm³/mol. The number of piperidine rings is 1. The van der Waals surface area contributed by atoms with Crippen molar-refractivity contribution in [2.75, 3.05) is 18.4 Å². The normalized spacial score (nSPS) is 18.2. The summed E-state index contributed by atoms with van der Waals surface area (Å²) in [5, 5.41) is 13.6. The maximum Gasteiger partial charge on any atom is 0.322 e. The quantitative estimate of drug-likeness (QED) is 0.636. The monoisotopic (exact) mass is 443 g/mol. The minimum absolute atomic E-state index is 0.0623. The van der Waals surface area contributed by atoms with Crippen molar-refractivity contribution in [1.82, 2.24) is 19.7 Å². The number of rotatable bonds is 5. The molecule has 0 spiro atoms. The molecule has 3 aromatic rings. The Balaban J connectivity index is 1.44. The van der Waals surface area contributed by atoms with Gasteiger partial charge >= 0.3 is 6.01 Å². The summed E-state index contributed by atoms with van der Waals surface area (Å²) in [6.45, 7) is 0.407. The zero-order chi connectivity index (χ0) is 19.7. The number of amides is 1. The third-order valence-corrected chi connectivity index (χ3v) is 7.77. The lowest BCUT2D eigenvalue weighted by Gasteiger charge is -2.30. The second-order valence-electron chi connectivity index (χ2n) is 6.04. The van der Waals surface area contributed by atoms with Crippen LogP contribution >= 0.6 is 22.9 Å². The molecule has 1 fully saturated rings. The van der Waals surface area contributed by atoms with Crippen molar-refractivity contribution >= 4 is 44.9 Å². The summed E-state index contributed by atoms with van der Waals surface area (Å²) in [5.41, 5.74) is 0. The van der Waals surface area contributed by atoms with Crippen molar-refractivity contribution in [2.45, 2.75) is 17.1 Å². The molecule has 0 aliphatic carbocycles. The van der Waals surface area contributed by atoms with Crippen molar-refractivity contribution in [2.24, 2.45) is 5.92 Å². The summed E-state index contributed by atoms with van der Waals surface area (Å²) in [7, 11) is -3.69. The van der Waals surface area contributed by atoms with Crippen LogP contribution in [0.3, 0.4) is 0 Å². The highest BCUT2D eigenvalue weighted by molar-refractivity contribution is 7.91. The van der Waals surface area contributed by atoms with E-state index < -0.39 is 21.8 Å². The fraction of sp³-hybridized carbons (Fsp3) is 0.333. The lowest BCUT2D eigenvalue weighted by molar-refractivity contribution is -0.121. The van der Waals surface area contributed by atoms with Crippen LogP contribution in [0.2, 0.25) is 4.34 Å². The molecule has 0 aromatic carbocycles. The Labute approximate surface area is 168 Å². The molecule has 10 nitrogen and oxygen atoms in total. The molecule has 148 valence electrons. The van der Waals surface area contributed by atoms with Gasteiger partial charge < -0.3 is 8.94 Å². The van der Waals surface area contributed by atoms with E-state index in [1.165, 1.54) is 22.6 Å². The van der Waals surface area contributed by atoms with E-state index in [0.29, 0.717) is 23.7 Å². The SMILES string of the molecule is O=C(Nc1nnc(-c2ccno2)o1)[C@H]1CCCN(S(=O)(=O)c2ccc(Cl)s2)C1. The highest BCUT2D eigenvalue weighted by atomic mass is 35.5. The van der Waals surface area contributed by atoms with Gasteiger partial charge in [-0.25, -0.2) is 8.42 Å². The molecule has 3 aromatic heterocycles. The van der Waals surface area contributed by atoms with Gasteiger partial charge in [0.25, 0.3) is 15.9 Å². The van der Waals surface area contributed by atoms with Crippen molar-refractivity contribution in [3.8, 4) is 11.7 Å². The highest BCUT2D eigenvalue weighted by Crippen LogP contribution is 2.31. The van der Waals surface area contributed by atoms with Crippen molar-refractivity contribution in [3.63, 3.8) is 0 Å². The number of carbonyl (C=O) groups excluding carboxylic acids is 1. The average Bonchev–Trinajstić information content (AvgIpc) is 3.43.